The molecule has 2 N–H and O–H groups in total. The SMILES string of the molecule is COC(C)(C)CC(=O)NC(C)(C)CO. The van der Waals surface area contributed by atoms with Crippen molar-refractivity contribution in [2.45, 2.75) is 45.3 Å². The molecule has 84 valence electrons. The normalized spacial score (nSPS) is 12.7. The van der Waals surface area contributed by atoms with Crippen molar-refractivity contribution in [1.82, 2.24) is 5.32 Å². The van der Waals surface area contributed by atoms with Gasteiger partial charge in [0.2, 0.25) is 5.91 Å². The summed E-state index contributed by atoms with van der Waals surface area (Å²) in [5.41, 5.74) is -1.03. The fraction of sp³-hybridized carbons (Fsp3) is 0.900. The summed E-state index contributed by atoms with van der Waals surface area (Å²) in [7, 11) is 1.57. The second-order valence-corrected chi connectivity index (χ2v) is 4.73. The van der Waals surface area contributed by atoms with E-state index >= 15 is 0 Å². The van der Waals surface area contributed by atoms with Gasteiger partial charge in [-0.2, -0.15) is 0 Å². The number of hydrogen-bond donors (Lipinski definition) is 2. The Morgan fingerprint density at radius 2 is 1.86 bits per heavy atom. The van der Waals surface area contributed by atoms with Gasteiger partial charge in [0.25, 0.3) is 0 Å². The number of carbonyl (C=O) groups is 1. The summed E-state index contributed by atoms with van der Waals surface area (Å²) < 4.78 is 5.13. The highest BCUT2D eigenvalue weighted by Gasteiger charge is 2.25. The maximum absolute atomic E-state index is 11.5. The van der Waals surface area contributed by atoms with Gasteiger partial charge in [0, 0.05) is 7.11 Å². The first-order chi connectivity index (χ1) is 6.22. The molecule has 0 heterocycles. The smallest absolute Gasteiger partial charge is 0.223 e. The predicted molar refractivity (Wildman–Crippen MR) is 55.0 cm³/mol. The van der Waals surface area contributed by atoms with E-state index in [0.29, 0.717) is 0 Å². The highest BCUT2D eigenvalue weighted by molar-refractivity contribution is 5.77. The highest BCUT2D eigenvalue weighted by atomic mass is 16.5. The Morgan fingerprint density at radius 3 is 2.21 bits per heavy atom. The Labute approximate surface area is 85.6 Å². The van der Waals surface area contributed by atoms with E-state index in [4.69, 9.17) is 9.84 Å². The third kappa shape index (κ3) is 5.19. The Morgan fingerprint density at radius 1 is 1.36 bits per heavy atom. The van der Waals surface area contributed by atoms with Gasteiger partial charge in [-0.3, -0.25) is 4.79 Å². The number of methoxy groups -OCH3 is 1. The molecule has 0 spiro atoms. The molecule has 0 aromatic carbocycles. The second-order valence-electron chi connectivity index (χ2n) is 4.73. The number of aliphatic hydroxyl groups excluding tert-OH is 1. The molecule has 0 bridgehead atoms. The van der Waals surface area contributed by atoms with Crippen molar-refractivity contribution in [3.8, 4) is 0 Å². The summed E-state index contributed by atoms with van der Waals surface area (Å²) in [5.74, 6) is -0.115. The zero-order chi connectivity index (χ0) is 11.4. The molecular formula is C10H21NO3. The number of ether oxygens (including phenoxy) is 1. The molecule has 0 rings (SSSR count). The van der Waals surface area contributed by atoms with Gasteiger partial charge in [0.1, 0.15) is 0 Å². The molecule has 0 atom stereocenters. The van der Waals surface area contributed by atoms with E-state index in [9.17, 15) is 4.79 Å². The maximum Gasteiger partial charge on any atom is 0.223 e. The lowest BCUT2D eigenvalue weighted by Crippen LogP contribution is -2.48. The molecule has 0 saturated heterocycles. The first kappa shape index (κ1) is 13.4. The van der Waals surface area contributed by atoms with Gasteiger partial charge in [-0.1, -0.05) is 0 Å². The average molecular weight is 203 g/mol. The molecule has 0 saturated carbocycles. The molecule has 0 aromatic heterocycles. The van der Waals surface area contributed by atoms with Crippen LogP contribution < -0.4 is 5.32 Å². The van der Waals surface area contributed by atoms with Crippen molar-refractivity contribution in [1.29, 1.82) is 0 Å². The van der Waals surface area contributed by atoms with Crippen LogP contribution in [0.3, 0.4) is 0 Å². The van der Waals surface area contributed by atoms with Crippen LogP contribution in [0, 0.1) is 0 Å². The van der Waals surface area contributed by atoms with Gasteiger partial charge >= 0.3 is 0 Å². The van der Waals surface area contributed by atoms with E-state index in [1.807, 2.05) is 13.8 Å². The lowest BCUT2D eigenvalue weighted by Gasteiger charge is -2.27. The molecule has 1 amide bonds. The number of nitrogens with one attached hydrogen (secondary N) is 1. The van der Waals surface area contributed by atoms with Crippen LogP contribution in [0.5, 0.6) is 0 Å². The molecule has 0 fully saturated rings. The Balaban J connectivity index is 4.12. The van der Waals surface area contributed by atoms with Crippen LogP contribution in [0.15, 0.2) is 0 Å². The molecule has 0 aromatic rings. The summed E-state index contributed by atoms with van der Waals surface area (Å²) in [6, 6.07) is 0. The molecule has 4 heteroatoms. The fourth-order valence-electron chi connectivity index (χ4n) is 0.920. The topological polar surface area (TPSA) is 58.6 Å². The van der Waals surface area contributed by atoms with Crippen molar-refractivity contribution < 1.29 is 14.6 Å². The largest absolute Gasteiger partial charge is 0.394 e. The van der Waals surface area contributed by atoms with E-state index < -0.39 is 11.1 Å². The number of rotatable bonds is 5. The Bertz CT molecular complexity index is 180. The monoisotopic (exact) mass is 203 g/mol. The Hall–Kier alpha value is -0.610. The number of amides is 1. The summed E-state index contributed by atoms with van der Waals surface area (Å²) >= 11 is 0. The minimum absolute atomic E-state index is 0.0772. The molecule has 0 aliphatic heterocycles. The van der Waals surface area contributed by atoms with Crippen LogP contribution in [-0.4, -0.2) is 35.9 Å². The zero-order valence-corrected chi connectivity index (χ0v) is 9.68. The third-order valence-electron chi connectivity index (χ3n) is 2.01. The van der Waals surface area contributed by atoms with E-state index in [2.05, 4.69) is 5.32 Å². The van der Waals surface area contributed by atoms with Crippen molar-refractivity contribution in [3.63, 3.8) is 0 Å². The maximum atomic E-state index is 11.5. The molecule has 0 aliphatic carbocycles. The highest BCUT2D eigenvalue weighted by Crippen LogP contribution is 2.13. The van der Waals surface area contributed by atoms with E-state index in [0.717, 1.165) is 0 Å². The van der Waals surface area contributed by atoms with Gasteiger partial charge in [-0.25, -0.2) is 0 Å². The van der Waals surface area contributed by atoms with Gasteiger partial charge in [0.15, 0.2) is 0 Å². The number of carbonyl (C=O) groups excluding carboxylic acids is 1. The molecular weight excluding hydrogens is 182 g/mol. The van der Waals surface area contributed by atoms with Crippen LogP contribution in [0.2, 0.25) is 0 Å². The lowest BCUT2D eigenvalue weighted by atomic mass is 10.0. The summed E-state index contributed by atoms with van der Waals surface area (Å²) in [4.78, 5) is 11.5. The van der Waals surface area contributed by atoms with Crippen molar-refractivity contribution in [3.05, 3.63) is 0 Å². The minimum Gasteiger partial charge on any atom is -0.394 e. The quantitative estimate of drug-likeness (QED) is 0.691. The van der Waals surface area contributed by atoms with Crippen LogP contribution in [-0.2, 0) is 9.53 Å². The third-order valence-corrected chi connectivity index (χ3v) is 2.01. The second kappa shape index (κ2) is 4.75. The van der Waals surface area contributed by atoms with Crippen LogP contribution >= 0.6 is 0 Å². The average Bonchev–Trinajstić information content (AvgIpc) is 2.02. The van der Waals surface area contributed by atoms with Gasteiger partial charge < -0.3 is 15.2 Å². The standard InChI is InChI=1S/C10H21NO3/c1-9(2,7-12)11-8(13)6-10(3,4)14-5/h12H,6-7H2,1-5H3,(H,11,13). The van der Waals surface area contributed by atoms with E-state index in [1.54, 1.807) is 21.0 Å². The lowest BCUT2D eigenvalue weighted by molar-refractivity contribution is -0.128. The zero-order valence-electron chi connectivity index (χ0n) is 9.68. The fourth-order valence-corrected chi connectivity index (χ4v) is 0.920. The molecule has 14 heavy (non-hydrogen) atoms. The van der Waals surface area contributed by atoms with Gasteiger partial charge in [-0.15, -0.1) is 0 Å². The van der Waals surface area contributed by atoms with Crippen LogP contribution in [0.4, 0.5) is 0 Å². The Kier molecular flexibility index (Phi) is 4.55. The van der Waals surface area contributed by atoms with E-state index in [-0.39, 0.29) is 18.9 Å². The molecule has 0 radical (unpaired) electrons. The van der Waals surface area contributed by atoms with Crippen LogP contribution in [0.1, 0.15) is 34.1 Å². The summed E-state index contributed by atoms with van der Waals surface area (Å²) in [6.07, 6.45) is 0.285. The predicted octanol–water partition coefficient (Wildman–Crippen LogP) is 0.689. The van der Waals surface area contributed by atoms with Gasteiger partial charge in [0.05, 0.1) is 24.2 Å². The summed E-state index contributed by atoms with van der Waals surface area (Å²) in [6.45, 7) is 7.15. The molecule has 0 unspecified atom stereocenters. The molecule has 0 aliphatic rings. The van der Waals surface area contributed by atoms with Crippen molar-refractivity contribution in [2.75, 3.05) is 13.7 Å². The number of aliphatic hydroxyl groups is 1. The molecule has 4 nitrogen and oxygen atoms in total. The summed E-state index contributed by atoms with van der Waals surface area (Å²) in [5, 5.41) is 11.7. The van der Waals surface area contributed by atoms with E-state index in [1.165, 1.54) is 0 Å². The van der Waals surface area contributed by atoms with Crippen molar-refractivity contribution >= 4 is 5.91 Å². The van der Waals surface area contributed by atoms with Gasteiger partial charge in [-0.05, 0) is 27.7 Å². The first-order valence-electron chi connectivity index (χ1n) is 4.69. The first-order valence-corrected chi connectivity index (χ1v) is 4.69. The number of hydrogen-bond acceptors (Lipinski definition) is 3. The van der Waals surface area contributed by atoms with Crippen molar-refractivity contribution in [2.24, 2.45) is 0 Å². The van der Waals surface area contributed by atoms with Crippen LogP contribution in [0.25, 0.3) is 0 Å². The minimum atomic E-state index is -0.569.